The van der Waals surface area contributed by atoms with Crippen LogP contribution in [0.15, 0.2) is 18.2 Å². The number of nitrogens with one attached hydrogen (secondary N) is 1. The fraction of sp³-hybridized carbons (Fsp3) is 0.357. The average molecular weight is 316 g/mol. The summed E-state index contributed by atoms with van der Waals surface area (Å²) >= 11 is 12.3. The summed E-state index contributed by atoms with van der Waals surface area (Å²) in [6.45, 7) is 5.07. The number of hydrogen-bond donors (Lipinski definition) is 1. The minimum atomic E-state index is -0.382. The van der Waals surface area contributed by atoms with Crippen molar-refractivity contribution in [1.82, 2.24) is 9.78 Å². The Morgan fingerprint density at radius 3 is 2.65 bits per heavy atom. The highest BCUT2D eigenvalue weighted by atomic mass is 35.5. The van der Waals surface area contributed by atoms with Crippen LogP contribution in [0.2, 0.25) is 10.0 Å². The highest BCUT2D eigenvalue weighted by Gasteiger charge is 2.15. The van der Waals surface area contributed by atoms with Crippen LogP contribution in [0.3, 0.4) is 0 Å². The molecule has 2 rings (SSSR count). The van der Waals surface area contributed by atoms with E-state index >= 15 is 0 Å². The number of aromatic nitrogens is 2. The Morgan fingerprint density at radius 1 is 1.30 bits per heavy atom. The predicted octanol–water partition coefficient (Wildman–Crippen LogP) is 4.52. The lowest BCUT2D eigenvalue weighted by molar-refractivity contribution is 0.614. The first-order valence-electron chi connectivity index (χ1n) is 6.50. The van der Waals surface area contributed by atoms with Crippen LogP contribution in [0.1, 0.15) is 25.2 Å². The summed E-state index contributed by atoms with van der Waals surface area (Å²) in [5.41, 5.74) is 1.97. The third-order valence-corrected chi connectivity index (χ3v) is 3.84. The SMILES string of the molecule is CCc1nn(CC)c(CNc2c(F)cccc2Cl)c1Cl. The van der Waals surface area contributed by atoms with Crippen LogP contribution in [-0.4, -0.2) is 9.78 Å². The van der Waals surface area contributed by atoms with Crippen molar-refractivity contribution in [3.63, 3.8) is 0 Å². The molecular formula is C14H16Cl2FN3. The maximum atomic E-state index is 13.7. The maximum Gasteiger partial charge on any atom is 0.147 e. The van der Waals surface area contributed by atoms with Crippen molar-refractivity contribution in [2.75, 3.05) is 5.32 Å². The molecular weight excluding hydrogens is 300 g/mol. The lowest BCUT2D eigenvalue weighted by atomic mass is 10.2. The smallest absolute Gasteiger partial charge is 0.147 e. The third kappa shape index (κ3) is 2.91. The van der Waals surface area contributed by atoms with Crippen LogP contribution >= 0.6 is 23.2 Å². The molecule has 0 bridgehead atoms. The molecule has 0 aliphatic heterocycles. The summed E-state index contributed by atoms with van der Waals surface area (Å²) < 4.78 is 15.5. The van der Waals surface area contributed by atoms with Crippen LogP contribution in [0.5, 0.6) is 0 Å². The Morgan fingerprint density at radius 2 is 2.05 bits per heavy atom. The van der Waals surface area contributed by atoms with Crippen molar-refractivity contribution in [2.24, 2.45) is 0 Å². The molecule has 0 saturated heterocycles. The standard InChI is InChI=1S/C14H16Cl2FN3/c1-3-11-13(16)12(20(4-2)19-11)8-18-14-9(15)6-5-7-10(14)17/h5-7,18H,3-4,8H2,1-2H3. The van der Waals surface area contributed by atoms with Gasteiger partial charge in [-0.05, 0) is 25.5 Å². The number of anilines is 1. The van der Waals surface area contributed by atoms with E-state index in [2.05, 4.69) is 10.4 Å². The maximum absolute atomic E-state index is 13.7. The summed E-state index contributed by atoms with van der Waals surface area (Å²) in [6, 6.07) is 4.58. The molecule has 1 aromatic heterocycles. The van der Waals surface area contributed by atoms with Gasteiger partial charge in [-0.15, -0.1) is 0 Å². The monoisotopic (exact) mass is 315 g/mol. The van der Waals surface area contributed by atoms with Gasteiger partial charge in [-0.25, -0.2) is 4.39 Å². The summed E-state index contributed by atoms with van der Waals surface area (Å²) in [5.74, 6) is -0.382. The number of benzene rings is 1. The lowest BCUT2D eigenvalue weighted by Gasteiger charge is -2.11. The van der Waals surface area contributed by atoms with Crippen molar-refractivity contribution in [2.45, 2.75) is 33.4 Å². The Balaban J connectivity index is 2.25. The Hall–Kier alpha value is -1.26. The molecule has 1 heterocycles. The van der Waals surface area contributed by atoms with Crippen molar-refractivity contribution in [1.29, 1.82) is 0 Å². The zero-order chi connectivity index (χ0) is 14.7. The molecule has 20 heavy (non-hydrogen) atoms. The number of aryl methyl sites for hydroxylation is 2. The number of nitrogens with zero attached hydrogens (tertiary/aromatic N) is 2. The van der Waals surface area contributed by atoms with Crippen LogP contribution < -0.4 is 5.32 Å². The van der Waals surface area contributed by atoms with Crippen molar-refractivity contribution < 1.29 is 4.39 Å². The molecule has 1 N–H and O–H groups in total. The Labute approximate surface area is 127 Å². The zero-order valence-corrected chi connectivity index (χ0v) is 12.9. The van der Waals surface area contributed by atoms with Gasteiger partial charge < -0.3 is 5.32 Å². The van der Waals surface area contributed by atoms with Gasteiger partial charge in [-0.3, -0.25) is 4.68 Å². The normalized spacial score (nSPS) is 10.8. The molecule has 0 fully saturated rings. The average Bonchev–Trinajstić information content (AvgIpc) is 2.74. The van der Waals surface area contributed by atoms with Crippen molar-refractivity contribution >= 4 is 28.9 Å². The van der Waals surface area contributed by atoms with Crippen molar-refractivity contribution in [3.05, 3.63) is 45.4 Å². The van der Waals surface area contributed by atoms with E-state index in [-0.39, 0.29) is 11.5 Å². The second-order valence-electron chi connectivity index (χ2n) is 4.33. The molecule has 0 aliphatic rings. The molecule has 6 heteroatoms. The highest BCUT2D eigenvalue weighted by molar-refractivity contribution is 6.33. The number of para-hydroxylation sites is 1. The molecule has 0 aliphatic carbocycles. The van der Waals surface area contributed by atoms with Crippen LogP contribution in [-0.2, 0) is 19.5 Å². The van der Waals surface area contributed by atoms with E-state index in [1.807, 2.05) is 18.5 Å². The summed E-state index contributed by atoms with van der Waals surface area (Å²) in [6.07, 6.45) is 0.763. The third-order valence-electron chi connectivity index (χ3n) is 3.09. The molecule has 3 nitrogen and oxygen atoms in total. The van der Waals surface area contributed by atoms with E-state index in [0.29, 0.717) is 23.1 Å². The lowest BCUT2D eigenvalue weighted by Crippen LogP contribution is -2.09. The van der Waals surface area contributed by atoms with E-state index in [4.69, 9.17) is 23.2 Å². The van der Waals surface area contributed by atoms with E-state index in [1.165, 1.54) is 6.07 Å². The number of halogens is 3. The fourth-order valence-electron chi connectivity index (χ4n) is 2.02. The minimum Gasteiger partial charge on any atom is -0.376 e. The molecule has 1 aromatic carbocycles. The molecule has 2 aromatic rings. The van der Waals surface area contributed by atoms with Gasteiger partial charge in [0.2, 0.25) is 0 Å². The first kappa shape index (κ1) is 15.1. The Bertz CT molecular complexity index is 590. The van der Waals surface area contributed by atoms with Gasteiger partial charge in [-0.1, -0.05) is 36.2 Å². The van der Waals surface area contributed by atoms with Gasteiger partial charge in [0.1, 0.15) is 5.82 Å². The van der Waals surface area contributed by atoms with Crippen LogP contribution in [0.25, 0.3) is 0 Å². The minimum absolute atomic E-state index is 0.284. The van der Waals surface area contributed by atoms with Crippen LogP contribution in [0, 0.1) is 5.82 Å². The topological polar surface area (TPSA) is 29.9 Å². The van der Waals surface area contributed by atoms with E-state index < -0.39 is 0 Å². The van der Waals surface area contributed by atoms with Gasteiger partial charge >= 0.3 is 0 Å². The van der Waals surface area contributed by atoms with Gasteiger partial charge in [-0.2, -0.15) is 5.10 Å². The quantitative estimate of drug-likeness (QED) is 0.879. The predicted molar refractivity (Wildman–Crippen MR) is 81.0 cm³/mol. The second kappa shape index (κ2) is 6.46. The first-order valence-corrected chi connectivity index (χ1v) is 7.26. The molecule has 0 spiro atoms. The van der Waals surface area contributed by atoms with Gasteiger partial charge in [0.25, 0.3) is 0 Å². The zero-order valence-electron chi connectivity index (χ0n) is 11.4. The largest absolute Gasteiger partial charge is 0.376 e. The summed E-state index contributed by atoms with van der Waals surface area (Å²) in [5, 5.41) is 8.40. The van der Waals surface area contributed by atoms with E-state index in [1.54, 1.807) is 12.1 Å². The summed E-state index contributed by atoms with van der Waals surface area (Å²) in [4.78, 5) is 0. The van der Waals surface area contributed by atoms with Gasteiger partial charge in [0, 0.05) is 6.54 Å². The van der Waals surface area contributed by atoms with Crippen molar-refractivity contribution in [3.8, 4) is 0 Å². The second-order valence-corrected chi connectivity index (χ2v) is 5.11. The first-order chi connectivity index (χ1) is 9.58. The molecule has 0 unspecified atom stereocenters. The van der Waals surface area contributed by atoms with Crippen LogP contribution in [0.4, 0.5) is 10.1 Å². The molecule has 0 radical (unpaired) electrons. The van der Waals surface area contributed by atoms with E-state index in [9.17, 15) is 4.39 Å². The molecule has 0 saturated carbocycles. The highest BCUT2D eigenvalue weighted by Crippen LogP contribution is 2.27. The molecule has 0 atom stereocenters. The van der Waals surface area contributed by atoms with E-state index in [0.717, 1.165) is 17.8 Å². The number of rotatable bonds is 5. The fourth-order valence-corrected chi connectivity index (χ4v) is 2.59. The molecule has 108 valence electrons. The van der Waals surface area contributed by atoms with Gasteiger partial charge in [0.05, 0.1) is 33.7 Å². The Kier molecular flexibility index (Phi) is 4.89. The number of hydrogen-bond acceptors (Lipinski definition) is 2. The molecule has 0 amide bonds. The van der Waals surface area contributed by atoms with Gasteiger partial charge in [0.15, 0.2) is 0 Å². The summed E-state index contributed by atoms with van der Waals surface area (Å²) in [7, 11) is 0.